The number of benzene rings is 1. The van der Waals surface area contributed by atoms with Crippen LogP contribution in [0.4, 0.5) is 5.69 Å². The number of rotatable bonds is 3. The first-order chi connectivity index (χ1) is 5.29. The molecule has 60 valence electrons. The Morgan fingerprint density at radius 1 is 1.36 bits per heavy atom. The number of aliphatic hydroxyl groups excluding tert-OH is 1. The van der Waals surface area contributed by atoms with E-state index in [1.54, 1.807) is 0 Å². The minimum absolute atomic E-state index is 0.379. The van der Waals surface area contributed by atoms with E-state index in [2.05, 4.69) is 5.32 Å². The number of hydrogen-bond acceptors (Lipinski definition) is 3. The molecule has 0 fully saturated rings. The zero-order valence-electron chi connectivity index (χ0n) is 6.20. The topological polar surface area (TPSA) is 58.3 Å². The molecule has 0 saturated heterocycles. The monoisotopic (exact) mass is 152 g/mol. The molecule has 1 unspecified atom stereocenters. The van der Waals surface area contributed by atoms with Crippen LogP contribution >= 0.6 is 0 Å². The minimum Gasteiger partial charge on any atom is -0.381 e. The van der Waals surface area contributed by atoms with Crippen molar-refractivity contribution in [3.8, 4) is 0 Å². The van der Waals surface area contributed by atoms with Crippen LogP contribution in [0.1, 0.15) is 0 Å². The average molecular weight is 152 g/mol. The van der Waals surface area contributed by atoms with Crippen molar-refractivity contribution >= 4 is 5.69 Å². The number of aliphatic hydroxyl groups is 1. The van der Waals surface area contributed by atoms with E-state index in [0.717, 1.165) is 5.69 Å². The van der Waals surface area contributed by atoms with Crippen molar-refractivity contribution in [2.24, 2.45) is 5.73 Å². The third kappa shape index (κ3) is 3.02. The molecule has 1 aromatic rings. The van der Waals surface area contributed by atoms with Crippen molar-refractivity contribution in [2.45, 2.75) is 6.23 Å². The second kappa shape index (κ2) is 3.95. The first kappa shape index (κ1) is 8.04. The Morgan fingerprint density at radius 3 is 2.55 bits per heavy atom. The van der Waals surface area contributed by atoms with Crippen molar-refractivity contribution in [3.63, 3.8) is 0 Å². The predicted octanol–water partition coefficient (Wildman–Crippen LogP) is 0.376. The summed E-state index contributed by atoms with van der Waals surface area (Å²) in [6, 6.07) is 9.62. The molecule has 0 spiro atoms. The van der Waals surface area contributed by atoms with E-state index < -0.39 is 6.23 Å². The number of nitrogens with one attached hydrogen (secondary N) is 1. The van der Waals surface area contributed by atoms with Gasteiger partial charge in [-0.05, 0) is 12.1 Å². The standard InChI is InChI=1S/C8H12N2O/c9-8(11)6-10-7-4-2-1-3-5-7/h1-5,8,10-11H,6,9H2. The molecule has 3 heteroatoms. The maximum atomic E-state index is 8.73. The summed E-state index contributed by atoms with van der Waals surface area (Å²) in [6.07, 6.45) is -0.796. The molecule has 3 nitrogen and oxygen atoms in total. The molecule has 4 N–H and O–H groups in total. The molecule has 0 aromatic heterocycles. The summed E-state index contributed by atoms with van der Waals surface area (Å²) < 4.78 is 0. The second-order valence-corrected chi connectivity index (χ2v) is 2.31. The highest BCUT2D eigenvalue weighted by Gasteiger charge is 1.93. The molecule has 1 atom stereocenters. The molecule has 0 aliphatic rings. The van der Waals surface area contributed by atoms with Crippen LogP contribution < -0.4 is 11.1 Å². The van der Waals surface area contributed by atoms with Gasteiger partial charge in [-0.25, -0.2) is 0 Å². The van der Waals surface area contributed by atoms with E-state index in [-0.39, 0.29) is 0 Å². The van der Waals surface area contributed by atoms with E-state index in [4.69, 9.17) is 10.8 Å². The second-order valence-electron chi connectivity index (χ2n) is 2.31. The highest BCUT2D eigenvalue weighted by atomic mass is 16.3. The summed E-state index contributed by atoms with van der Waals surface area (Å²) in [5, 5.41) is 11.7. The molecule has 0 saturated carbocycles. The van der Waals surface area contributed by atoms with Gasteiger partial charge in [0.1, 0.15) is 6.23 Å². The highest BCUT2D eigenvalue weighted by Crippen LogP contribution is 2.03. The van der Waals surface area contributed by atoms with Gasteiger partial charge in [0, 0.05) is 5.69 Å². The van der Waals surface area contributed by atoms with E-state index in [1.807, 2.05) is 30.3 Å². The summed E-state index contributed by atoms with van der Waals surface area (Å²) in [5.74, 6) is 0. The first-order valence-electron chi connectivity index (χ1n) is 3.51. The Morgan fingerprint density at radius 2 is 2.00 bits per heavy atom. The molecular weight excluding hydrogens is 140 g/mol. The van der Waals surface area contributed by atoms with Gasteiger partial charge in [0.2, 0.25) is 0 Å². The fourth-order valence-electron chi connectivity index (χ4n) is 0.778. The fraction of sp³-hybridized carbons (Fsp3) is 0.250. The lowest BCUT2D eigenvalue weighted by molar-refractivity contribution is 0.196. The van der Waals surface area contributed by atoms with Crippen LogP contribution in [0.2, 0.25) is 0 Å². The number of nitrogens with two attached hydrogens (primary N) is 1. The van der Waals surface area contributed by atoms with Crippen molar-refractivity contribution in [1.82, 2.24) is 0 Å². The summed E-state index contributed by atoms with van der Waals surface area (Å²) in [5.41, 5.74) is 6.10. The van der Waals surface area contributed by atoms with Gasteiger partial charge in [-0.2, -0.15) is 0 Å². The van der Waals surface area contributed by atoms with Gasteiger partial charge in [-0.3, -0.25) is 0 Å². The Hall–Kier alpha value is -1.06. The Balaban J connectivity index is 2.39. The van der Waals surface area contributed by atoms with Crippen LogP contribution in [0.5, 0.6) is 0 Å². The quantitative estimate of drug-likeness (QED) is 0.549. The zero-order valence-corrected chi connectivity index (χ0v) is 6.20. The van der Waals surface area contributed by atoms with E-state index in [9.17, 15) is 0 Å². The molecule has 0 heterocycles. The number of para-hydroxylation sites is 1. The summed E-state index contributed by atoms with van der Waals surface area (Å²) in [6.45, 7) is 0.379. The van der Waals surface area contributed by atoms with Crippen LogP contribution in [0.25, 0.3) is 0 Å². The SMILES string of the molecule is NC(O)CNc1ccccc1. The van der Waals surface area contributed by atoms with Crippen molar-refractivity contribution < 1.29 is 5.11 Å². The molecule has 0 radical (unpaired) electrons. The number of hydrogen-bond donors (Lipinski definition) is 3. The van der Waals surface area contributed by atoms with Gasteiger partial charge < -0.3 is 16.2 Å². The highest BCUT2D eigenvalue weighted by molar-refractivity contribution is 5.42. The maximum Gasteiger partial charge on any atom is 0.119 e. The van der Waals surface area contributed by atoms with E-state index in [1.165, 1.54) is 0 Å². The Labute approximate surface area is 65.8 Å². The van der Waals surface area contributed by atoms with Gasteiger partial charge in [-0.1, -0.05) is 18.2 Å². The molecule has 0 aliphatic carbocycles. The first-order valence-corrected chi connectivity index (χ1v) is 3.51. The van der Waals surface area contributed by atoms with Crippen molar-refractivity contribution in [3.05, 3.63) is 30.3 Å². The van der Waals surface area contributed by atoms with Gasteiger partial charge in [0.15, 0.2) is 0 Å². The van der Waals surface area contributed by atoms with Crippen molar-refractivity contribution in [1.29, 1.82) is 0 Å². The molecule has 0 amide bonds. The number of anilines is 1. The maximum absolute atomic E-state index is 8.73. The molecule has 11 heavy (non-hydrogen) atoms. The zero-order chi connectivity index (χ0) is 8.10. The third-order valence-corrected chi connectivity index (χ3v) is 1.29. The van der Waals surface area contributed by atoms with Gasteiger partial charge in [0.05, 0.1) is 6.54 Å². The normalized spacial score (nSPS) is 12.5. The summed E-state index contributed by atoms with van der Waals surface area (Å²) in [7, 11) is 0. The van der Waals surface area contributed by atoms with Gasteiger partial charge in [0.25, 0.3) is 0 Å². The van der Waals surface area contributed by atoms with Crippen LogP contribution in [0.3, 0.4) is 0 Å². The molecular formula is C8H12N2O. The Kier molecular flexibility index (Phi) is 2.89. The van der Waals surface area contributed by atoms with Crippen LogP contribution in [0.15, 0.2) is 30.3 Å². The predicted molar refractivity (Wildman–Crippen MR) is 45.1 cm³/mol. The average Bonchev–Trinajstić information content (AvgIpc) is 2.03. The lowest BCUT2D eigenvalue weighted by atomic mass is 10.3. The minimum atomic E-state index is -0.796. The van der Waals surface area contributed by atoms with Gasteiger partial charge in [-0.15, -0.1) is 0 Å². The molecule has 0 bridgehead atoms. The lowest BCUT2D eigenvalue weighted by Crippen LogP contribution is -2.28. The largest absolute Gasteiger partial charge is 0.381 e. The van der Waals surface area contributed by atoms with E-state index >= 15 is 0 Å². The summed E-state index contributed by atoms with van der Waals surface area (Å²) in [4.78, 5) is 0. The third-order valence-electron chi connectivity index (χ3n) is 1.29. The summed E-state index contributed by atoms with van der Waals surface area (Å²) >= 11 is 0. The fourth-order valence-corrected chi connectivity index (χ4v) is 0.778. The smallest absolute Gasteiger partial charge is 0.119 e. The van der Waals surface area contributed by atoms with Gasteiger partial charge >= 0.3 is 0 Å². The molecule has 0 aliphatic heterocycles. The van der Waals surface area contributed by atoms with Crippen LogP contribution in [-0.2, 0) is 0 Å². The lowest BCUT2D eigenvalue weighted by Gasteiger charge is -2.07. The molecule has 1 aromatic carbocycles. The van der Waals surface area contributed by atoms with E-state index in [0.29, 0.717) is 6.54 Å². The van der Waals surface area contributed by atoms with Crippen molar-refractivity contribution in [2.75, 3.05) is 11.9 Å². The Bertz CT molecular complexity index is 199. The molecule has 1 rings (SSSR count). The van der Waals surface area contributed by atoms with Crippen LogP contribution in [-0.4, -0.2) is 17.9 Å². The van der Waals surface area contributed by atoms with Crippen LogP contribution in [0, 0.1) is 0 Å².